The van der Waals surface area contributed by atoms with Crippen molar-refractivity contribution in [2.75, 3.05) is 6.54 Å². The van der Waals surface area contributed by atoms with Crippen molar-refractivity contribution >= 4 is 11.3 Å². The lowest BCUT2D eigenvalue weighted by atomic mass is 10.0. The second-order valence-corrected chi connectivity index (χ2v) is 5.81. The van der Waals surface area contributed by atoms with Crippen LogP contribution < -0.4 is 5.32 Å². The minimum atomic E-state index is 0.674. The lowest BCUT2D eigenvalue weighted by Crippen LogP contribution is -2.26. The van der Waals surface area contributed by atoms with Gasteiger partial charge in [-0.1, -0.05) is 0 Å². The predicted molar refractivity (Wildman–Crippen MR) is 70.5 cm³/mol. The molecule has 0 aromatic carbocycles. The van der Waals surface area contributed by atoms with Crippen molar-refractivity contribution in [3.8, 4) is 10.7 Å². The molecule has 0 saturated heterocycles. The molecule has 1 aliphatic carbocycles. The van der Waals surface area contributed by atoms with E-state index in [0.29, 0.717) is 5.92 Å². The van der Waals surface area contributed by atoms with Crippen LogP contribution in [0.2, 0.25) is 0 Å². The van der Waals surface area contributed by atoms with E-state index in [1.54, 1.807) is 11.3 Å². The Kier molecular flexibility index (Phi) is 2.41. The van der Waals surface area contributed by atoms with E-state index >= 15 is 0 Å². The number of aromatic nitrogens is 3. The van der Waals surface area contributed by atoms with Crippen molar-refractivity contribution in [2.45, 2.75) is 31.7 Å². The molecule has 2 aromatic rings. The molecule has 0 amide bonds. The Morgan fingerprint density at radius 3 is 3.00 bits per heavy atom. The zero-order valence-electron chi connectivity index (χ0n) is 10.0. The molecule has 0 radical (unpaired) electrons. The summed E-state index contributed by atoms with van der Waals surface area (Å²) < 4.78 is 0. The lowest BCUT2D eigenvalue weighted by molar-refractivity contribution is 0.617. The maximum Gasteiger partial charge on any atom is 0.171 e. The van der Waals surface area contributed by atoms with Gasteiger partial charge in [0.25, 0.3) is 0 Å². The summed E-state index contributed by atoms with van der Waals surface area (Å²) >= 11 is 1.62. The van der Waals surface area contributed by atoms with Crippen LogP contribution in [0.4, 0.5) is 0 Å². The van der Waals surface area contributed by atoms with E-state index in [4.69, 9.17) is 9.97 Å². The van der Waals surface area contributed by atoms with Crippen LogP contribution in [0.1, 0.15) is 35.7 Å². The largest absolute Gasteiger partial charge is 0.312 e. The zero-order valence-corrected chi connectivity index (χ0v) is 10.8. The number of fused-ring (bicyclic) bond motifs is 1. The average Bonchev–Trinajstić information content (AvgIpc) is 3.12. The molecule has 18 heavy (non-hydrogen) atoms. The van der Waals surface area contributed by atoms with Crippen LogP contribution in [0, 0.1) is 0 Å². The Morgan fingerprint density at radius 2 is 2.22 bits per heavy atom. The minimum Gasteiger partial charge on any atom is -0.312 e. The number of nitrogens with zero attached hydrogens (tertiary/aromatic N) is 3. The zero-order chi connectivity index (χ0) is 11.9. The third-order valence-corrected chi connectivity index (χ3v) is 4.35. The van der Waals surface area contributed by atoms with Crippen LogP contribution in [0.25, 0.3) is 10.7 Å². The molecule has 2 aromatic heterocycles. The van der Waals surface area contributed by atoms with E-state index in [1.165, 1.54) is 29.8 Å². The maximum atomic E-state index is 4.81. The Balaban J connectivity index is 1.87. The van der Waals surface area contributed by atoms with Gasteiger partial charge in [-0.05, 0) is 12.8 Å². The van der Waals surface area contributed by atoms with Crippen molar-refractivity contribution in [3.63, 3.8) is 0 Å². The second-order valence-electron chi connectivity index (χ2n) is 4.92. The molecule has 0 unspecified atom stereocenters. The van der Waals surface area contributed by atoms with Crippen molar-refractivity contribution in [1.82, 2.24) is 20.3 Å². The predicted octanol–water partition coefficient (Wildman–Crippen LogP) is 2.12. The fourth-order valence-electron chi connectivity index (χ4n) is 2.50. The van der Waals surface area contributed by atoms with Crippen molar-refractivity contribution in [2.24, 2.45) is 0 Å². The van der Waals surface area contributed by atoms with Gasteiger partial charge in [0, 0.05) is 37.2 Å². The molecule has 4 nitrogen and oxygen atoms in total. The second kappa shape index (κ2) is 4.10. The molecule has 0 spiro atoms. The summed E-state index contributed by atoms with van der Waals surface area (Å²) in [6.07, 6.45) is 5.45. The molecule has 1 saturated carbocycles. The monoisotopic (exact) mass is 258 g/mol. The van der Waals surface area contributed by atoms with E-state index < -0.39 is 0 Å². The van der Waals surface area contributed by atoms with Gasteiger partial charge in [0.2, 0.25) is 0 Å². The normalized spacial score (nSPS) is 18.7. The van der Waals surface area contributed by atoms with Gasteiger partial charge in [0.1, 0.15) is 0 Å². The molecule has 2 aliphatic rings. The van der Waals surface area contributed by atoms with Gasteiger partial charge >= 0.3 is 0 Å². The number of rotatable bonds is 2. The summed E-state index contributed by atoms with van der Waals surface area (Å²) in [6.45, 7) is 1.96. The average molecular weight is 258 g/mol. The molecule has 1 aliphatic heterocycles. The van der Waals surface area contributed by atoms with E-state index in [0.717, 1.165) is 30.2 Å². The minimum absolute atomic E-state index is 0.674. The third-order valence-electron chi connectivity index (χ3n) is 3.58. The summed E-state index contributed by atoms with van der Waals surface area (Å²) in [5.41, 5.74) is 5.73. The quantitative estimate of drug-likeness (QED) is 0.896. The highest BCUT2D eigenvalue weighted by Crippen LogP contribution is 2.42. The van der Waals surface area contributed by atoms with Gasteiger partial charge < -0.3 is 5.32 Å². The Hall–Kier alpha value is -1.33. The Bertz CT molecular complexity index is 575. The number of nitrogens with one attached hydrogen (secondary N) is 1. The van der Waals surface area contributed by atoms with Gasteiger partial charge in [-0.2, -0.15) is 0 Å². The highest BCUT2D eigenvalue weighted by Gasteiger charge is 2.30. The number of hydrogen-bond acceptors (Lipinski definition) is 5. The molecule has 0 bridgehead atoms. The van der Waals surface area contributed by atoms with Crippen LogP contribution in [0.5, 0.6) is 0 Å². The number of hydrogen-bond donors (Lipinski definition) is 1. The first-order valence-electron chi connectivity index (χ1n) is 6.41. The first kappa shape index (κ1) is 10.6. The van der Waals surface area contributed by atoms with E-state index in [-0.39, 0.29) is 0 Å². The highest BCUT2D eigenvalue weighted by molar-refractivity contribution is 7.13. The fraction of sp³-hybridized carbons (Fsp3) is 0.462. The molecule has 5 heteroatoms. The SMILES string of the molecule is c1ncc(-c2nc3c(c(C4CC4)n2)CNCC3)s1. The third kappa shape index (κ3) is 1.74. The van der Waals surface area contributed by atoms with E-state index in [9.17, 15) is 0 Å². The first-order valence-corrected chi connectivity index (χ1v) is 7.29. The smallest absolute Gasteiger partial charge is 0.171 e. The van der Waals surface area contributed by atoms with Gasteiger partial charge in [0.05, 0.1) is 21.8 Å². The molecular formula is C13H14N4S. The maximum absolute atomic E-state index is 4.81. The molecule has 1 fully saturated rings. The topological polar surface area (TPSA) is 50.7 Å². The van der Waals surface area contributed by atoms with Crippen LogP contribution >= 0.6 is 11.3 Å². The summed E-state index contributed by atoms with van der Waals surface area (Å²) in [7, 11) is 0. The lowest BCUT2D eigenvalue weighted by Gasteiger charge is -2.19. The Labute approximate surface area is 110 Å². The van der Waals surface area contributed by atoms with Crippen molar-refractivity contribution in [3.05, 3.63) is 28.7 Å². The van der Waals surface area contributed by atoms with Crippen molar-refractivity contribution in [1.29, 1.82) is 0 Å². The van der Waals surface area contributed by atoms with Gasteiger partial charge in [-0.3, -0.25) is 4.98 Å². The van der Waals surface area contributed by atoms with Crippen LogP contribution in [-0.2, 0) is 13.0 Å². The molecule has 92 valence electrons. The van der Waals surface area contributed by atoms with Crippen molar-refractivity contribution < 1.29 is 0 Å². The summed E-state index contributed by atoms with van der Waals surface area (Å²) in [5, 5.41) is 3.43. The van der Waals surface area contributed by atoms with Gasteiger partial charge in [-0.25, -0.2) is 9.97 Å². The summed E-state index contributed by atoms with van der Waals surface area (Å²) in [5.74, 6) is 1.55. The van der Waals surface area contributed by atoms with Crippen LogP contribution in [-0.4, -0.2) is 21.5 Å². The van der Waals surface area contributed by atoms with E-state index in [2.05, 4.69) is 10.3 Å². The molecule has 1 N–H and O–H groups in total. The van der Waals surface area contributed by atoms with E-state index in [1.807, 2.05) is 11.7 Å². The molecular weight excluding hydrogens is 244 g/mol. The van der Waals surface area contributed by atoms with Crippen LogP contribution in [0.15, 0.2) is 11.7 Å². The van der Waals surface area contributed by atoms with Crippen LogP contribution in [0.3, 0.4) is 0 Å². The standard InChI is InChI=1S/C13H14N4S/c1-2-8(1)12-9-5-14-4-3-10(9)16-13(17-12)11-6-15-7-18-11/h6-8,14H,1-5H2. The van der Waals surface area contributed by atoms with Gasteiger partial charge in [-0.15, -0.1) is 11.3 Å². The Morgan fingerprint density at radius 1 is 1.28 bits per heavy atom. The first-order chi connectivity index (χ1) is 8.92. The number of thiazole rings is 1. The molecule has 0 atom stereocenters. The summed E-state index contributed by atoms with van der Waals surface area (Å²) in [4.78, 5) is 14.8. The summed E-state index contributed by atoms with van der Waals surface area (Å²) in [6, 6.07) is 0. The van der Waals surface area contributed by atoms with Gasteiger partial charge in [0.15, 0.2) is 5.82 Å². The highest BCUT2D eigenvalue weighted by atomic mass is 32.1. The fourth-order valence-corrected chi connectivity index (χ4v) is 3.05. The molecule has 4 rings (SSSR count). The molecule has 3 heterocycles.